The summed E-state index contributed by atoms with van der Waals surface area (Å²) in [7, 11) is -9.91. The Bertz CT molecular complexity index is 1870. The molecular formula is C78H152O17P2. The van der Waals surface area contributed by atoms with E-state index in [4.69, 9.17) is 37.0 Å². The first-order valence-electron chi connectivity index (χ1n) is 40.5. The topological polar surface area (TPSA) is 237 Å². The number of hydrogen-bond donors (Lipinski definition) is 3. The molecular weight excluding hydrogens is 1270 g/mol. The summed E-state index contributed by atoms with van der Waals surface area (Å²) in [6.07, 6.45) is 58.4. The van der Waals surface area contributed by atoms with Gasteiger partial charge in [-0.3, -0.25) is 37.3 Å². The van der Waals surface area contributed by atoms with Crippen LogP contribution in [0.1, 0.15) is 408 Å². The summed E-state index contributed by atoms with van der Waals surface area (Å²) in [6.45, 7) is 9.56. The molecule has 0 aromatic rings. The molecule has 0 radical (unpaired) electrons. The number of hydrogen-bond acceptors (Lipinski definition) is 15. The molecule has 0 spiro atoms. The lowest BCUT2D eigenvalue weighted by Crippen LogP contribution is -2.30. The summed E-state index contributed by atoms with van der Waals surface area (Å²) >= 11 is 0. The highest BCUT2D eigenvalue weighted by Crippen LogP contribution is 2.45. The van der Waals surface area contributed by atoms with Gasteiger partial charge in [0, 0.05) is 25.7 Å². The number of ether oxygens (including phenoxy) is 4. The van der Waals surface area contributed by atoms with Gasteiger partial charge in [-0.25, -0.2) is 9.13 Å². The van der Waals surface area contributed by atoms with Crippen LogP contribution in [0.25, 0.3) is 0 Å². The molecule has 0 fully saturated rings. The Morgan fingerprint density at radius 3 is 0.784 bits per heavy atom. The number of aliphatic hydroxyl groups is 1. The van der Waals surface area contributed by atoms with Gasteiger partial charge in [0.1, 0.15) is 19.3 Å². The van der Waals surface area contributed by atoms with Crippen molar-refractivity contribution in [2.75, 3.05) is 39.6 Å². The van der Waals surface area contributed by atoms with Crippen molar-refractivity contribution >= 4 is 39.5 Å². The minimum absolute atomic E-state index is 0.106. The quantitative estimate of drug-likeness (QED) is 0.0222. The predicted octanol–water partition coefficient (Wildman–Crippen LogP) is 23.1. The Kier molecular flexibility index (Phi) is 68.4. The summed E-state index contributed by atoms with van der Waals surface area (Å²) in [6, 6.07) is 0. The van der Waals surface area contributed by atoms with Crippen molar-refractivity contribution < 1.29 is 80.2 Å². The van der Waals surface area contributed by atoms with Crippen LogP contribution in [-0.2, 0) is 65.4 Å². The molecule has 0 aliphatic carbocycles. The zero-order valence-corrected chi connectivity index (χ0v) is 65.2. The summed E-state index contributed by atoms with van der Waals surface area (Å²) in [5.41, 5.74) is 0. The van der Waals surface area contributed by atoms with Gasteiger partial charge < -0.3 is 33.8 Å². The third kappa shape index (κ3) is 70.9. The fraction of sp³-hybridized carbons (Fsp3) is 0.949. The number of carbonyl (C=O) groups is 4. The zero-order chi connectivity index (χ0) is 71.4. The van der Waals surface area contributed by atoms with Crippen LogP contribution in [0.5, 0.6) is 0 Å². The predicted molar refractivity (Wildman–Crippen MR) is 395 cm³/mol. The zero-order valence-electron chi connectivity index (χ0n) is 63.4. The second kappa shape index (κ2) is 69.8. The molecule has 0 heterocycles. The first kappa shape index (κ1) is 95.1. The average Bonchev–Trinajstić information content (AvgIpc) is 2.08. The molecule has 19 heteroatoms. The van der Waals surface area contributed by atoms with E-state index >= 15 is 0 Å². The Morgan fingerprint density at radius 2 is 0.526 bits per heavy atom. The molecule has 3 unspecified atom stereocenters. The molecule has 0 rings (SSSR count). The molecule has 97 heavy (non-hydrogen) atoms. The van der Waals surface area contributed by atoms with Crippen LogP contribution in [0.15, 0.2) is 0 Å². The van der Waals surface area contributed by atoms with Gasteiger partial charge in [-0.1, -0.05) is 356 Å². The van der Waals surface area contributed by atoms with Crippen molar-refractivity contribution in [3.63, 3.8) is 0 Å². The van der Waals surface area contributed by atoms with Gasteiger partial charge in [0.05, 0.1) is 26.4 Å². The fourth-order valence-electron chi connectivity index (χ4n) is 12.0. The lowest BCUT2D eigenvalue weighted by molar-refractivity contribution is -0.161. The van der Waals surface area contributed by atoms with E-state index in [0.717, 1.165) is 108 Å². The third-order valence-corrected chi connectivity index (χ3v) is 20.5. The van der Waals surface area contributed by atoms with Crippen molar-refractivity contribution in [3.8, 4) is 0 Å². The highest BCUT2D eigenvalue weighted by atomic mass is 31.2. The second-order valence-electron chi connectivity index (χ2n) is 28.8. The first-order valence-corrected chi connectivity index (χ1v) is 43.5. The van der Waals surface area contributed by atoms with Gasteiger partial charge in [0.15, 0.2) is 12.2 Å². The minimum Gasteiger partial charge on any atom is -0.462 e. The maximum atomic E-state index is 13.1. The number of rotatable bonds is 77. The smallest absolute Gasteiger partial charge is 0.462 e. The standard InChI is InChI=1S/C78H152O17P2/c1-7-10-12-14-16-18-20-21-22-23-24-25-26-27-28-29-30-34-39-43-51-57-63-78(83)94-73(66-88-75(80)60-54-48-41-37-35-31-33-36-40-46-52-58-70(4)5)68-92-96(84,85)90-64-72(79)65-91-97(86,87)93-69-74(67-89-76(81)61-55-49-45-44-47-53-59-71(6)9-3)95-77(82)62-56-50-42-38-32-19-17-15-13-11-8-2/h70-74,79H,7-69H2,1-6H3,(H,84,85)(H,86,87)/t71?,72-,73-,74-/m1/s1. The van der Waals surface area contributed by atoms with Gasteiger partial charge in [-0.05, 0) is 37.5 Å². The van der Waals surface area contributed by atoms with Gasteiger partial charge in [-0.15, -0.1) is 0 Å². The van der Waals surface area contributed by atoms with Crippen LogP contribution >= 0.6 is 15.6 Å². The average molecular weight is 1420 g/mol. The van der Waals surface area contributed by atoms with E-state index in [1.54, 1.807) is 0 Å². The van der Waals surface area contributed by atoms with Crippen LogP contribution in [-0.4, -0.2) is 96.7 Å². The van der Waals surface area contributed by atoms with Crippen LogP contribution < -0.4 is 0 Å². The highest BCUT2D eigenvalue weighted by Gasteiger charge is 2.30. The third-order valence-electron chi connectivity index (χ3n) is 18.6. The Balaban J connectivity index is 5.19. The van der Waals surface area contributed by atoms with Gasteiger partial charge in [-0.2, -0.15) is 0 Å². The van der Waals surface area contributed by atoms with Crippen molar-refractivity contribution in [3.05, 3.63) is 0 Å². The van der Waals surface area contributed by atoms with Gasteiger partial charge in [0.25, 0.3) is 0 Å². The monoisotopic (exact) mass is 1420 g/mol. The maximum Gasteiger partial charge on any atom is 0.472 e. The van der Waals surface area contributed by atoms with E-state index in [0.29, 0.717) is 25.7 Å². The largest absolute Gasteiger partial charge is 0.472 e. The number of phosphoric acid groups is 2. The number of phosphoric ester groups is 2. The van der Waals surface area contributed by atoms with Crippen LogP contribution in [0, 0.1) is 11.8 Å². The van der Waals surface area contributed by atoms with Crippen LogP contribution in [0.2, 0.25) is 0 Å². The van der Waals surface area contributed by atoms with Crippen molar-refractivity contribution in [1.29, 1.82) is 0 Å². The number of esters is 4. The molecule has 0 saturated heterocycles. The molecule has 0 bridgehead atoms. The maximum absolute atomic E-state index is 13.1. The summed E-state index contributed by atoms with van der Waals surface area (Å²) in [5.74, 6) is -0.613. The van der Waals surface area contributed by atoms with Crippen LogP contribution in [0.4, 0.5) is 0 Å². The number of unbranched alkanes of at least 4 members (excludes halogenated alkanes) is 46. The fourth-order valence-corrected chi connectivity index (χ4v) is 13.6. The van der Waals surface area contributed by atoms with Gasteiger partial charge in [0.2, 0.25) is 0 Å². The molecule has 0 aromatic heterocycles. The van der Waals surface area contributed by atoms with Crippen molar-refractivity contribution in [2.45, 2.75) is 426 Å². The molecule has 576 valence electrons. The Hall–Kier alpha value is -1.94. The van der Waals surface area contributed by atoms with E-state index < -0.39 is 97.5 Å². The summed E-state index contributed by atoms with van der Waals surface area (Å²) in [4.78, 5) is 72.8. The number of carbonyl (C=O) groups excluding carboxylic acids is 4. The molecule has 0 aliphatic heterocycles. The van der Waals surface area contributed by atoms with Crippen LogP contribution in [0.3, 0.4) is 0 Å². The SMILES string of the molecule is CCCCCCCCCCCCCCCCCCCCCCCCC(=O)O[C@H](COC(=O)CCCCCCCCCCCCCC(C)C)COP(=O)(O)OC[C@@H](O)COP(=O)(O)OC[C@@H](COC(=O)CCCCCCCCC(C)CC)OC(=O)CCCCCCCCCCCCC. The second-order valence-corrected chi connectivity index (χ2v) is 31.7. The summed E-state index contributed by atoms with van der Waals surface area (Å²) in [5, 5.41) is 10.6. The van der Waals surface area contributed by atoms with E-state index in [-0.39, 0.29) is 25.7 Å². The molecule has 0 aliphatic rings. The lowest BCUT2D eigenvalue weighted by atomic mass is 10.00. The molecule has 0 aromatic carbocycles. The van der Waals surface area contributed by atoms with E-state index in [1.165, 1.54) is 218 Å². The molecule has 0 amide bonds. The molecule has 3 N–H and O–H groups in total. The van der Waals surface area contributed by atoms with E-state index in [9.17, 15) is 43.2 Å². The van der Waals surface area contributed by atoms with E-state index in [2.05, 4.69) is 41.5 Å². The molecule has 6 atom stereocenters. The highest BCUT2D eigenvalue weighted by molar-refractivity contribution is 7.47. The normalized spacial score (nSPS) is 14.2. The number of aliphatic hydroxyl groups excluding tert-OH is 1. The van der Waals surface area contributed by atoms with Crippen molar-refractivity contribution in [2.24, 2.45) is 11.8 Å². The molecule has 17 nitrogen and oxygen atoms in total. The minimum atomic E-state index is -4.96. The Labute approximate surface area is 594 Å². The van der Waals surface area contributed by atoms with Gasteiger partial charge >= 0.3 is 39.5 Å². The Morgan fingerprint density at radius 1 is 0.299 bits per heavy atom. The first-order chi connectivity index (χ1) is 46.9. The van der Waals surface area contributed by atoms with E-state index in [1.807, 2.05) is 0 Å². The summed E-state index contributed by atoms with van der Waals surface area (Å²) < 4.78 is 68.5. The lowest BCUT2D eigenvalue weighted by Gasteiger charge is -2.21. The van der Waals surface area contributed by atoms with Crippen molar-refractivity contribution in [1.82, 2.24) is 0 Å². The molecule has 0 saturated carbocycles.